The van der Waals surface area contributed by atoms with Crippen LogP contribution in [0, 0.1) is 5.92 Å². The quantitative estimate of drug-likeness (QED) is 0.294. The van der Waals surface area contributed by atoms with E-state index in [1.54, 1.807) is 0 Å². The van der Waals surface area contributed by atoms with Gasteiger partial charge in [0.05, 0.1) is 5.92 Å². The molecule has 25 heavy (non-hydrogen) atoms. The second-order valence-corrected chi connectivity index (χ2v) is 7.00. The molecule has 0 saturated carbocycles. The van der Waals surface area contributed by atoms with Crippen molar-refractivity contribution in [2.45, 2.75) is 110 Å². The van der Waals surface area contributed by atoms with Gasteiger partial charge in [0.25, 0.3) is 0 Å². The minimum atomic E-state index is -0.843. The third-order valence-electron chi connectivity index (χ3n) is 4.70. The average molecular weight is 350 g/mol. The van der Waals surface area contributed by atoms with E-state index in [1.807, 2.05) is 0 Å². The molecule has 144 valence electrons. The normalized spacial score (nSPS) is 11.7. The number of carboxylic acid groups (broad SMARTS) is 2. The first-order valence-corrected chi connectivity index (χ1v) is 10.0. The zero-order valence-corrected chi connectivity index (χ0v) is 16.6. The van der Waals surface area contributed by atoms with Gasteiger partial charge in [-0.2, -0.15) is 0 Å². The van der Waals surface area contributed by atoms with Crippen molar-refractivity contribution in [3.05, 3.63) is 0 Å². The maximum Gasteiger partial charge on any atom is 1.00 e. The average Bonchev–Trinajstić information content (AvgIpc) is 2.53. The van der Waals surface area contributed by atoms with Gasteiger partial charge in [-0.1, -0.05) is 84.0 Å². The second-order valence-electron chi connectivity index (χ2n) is 7.00. The molecule has 0 heterocycles. The molecule has 0 aromatic heterocycles. The molecule has 1 unspecified atom stereocenters. The third-order valence-corrected chi connectivity index (χ3v) is 4.70. The van der Waals surface area contributed by atoms with Crippen molar-refractivity contribution in [1.82, 2.24) is 0 Å². The summed E-state index contributed by atoms with van der Waals surface area (Å²) in [5.41, 5.74) is 0. The molecule has 2 N–H and O–H groups in total. The molecule has 0 bridgehead atoms. The zero-order valence-electron chi connectivity index (χ0n) is 17.6. The third kappa shape index (κ3) is 19.7. The van der Waals surface area contributed by atoms with Crippen LogP contribution in [0.5, 0.6) is 0 Å². The smallest absolute Gasteiger partial charge is 1.00 e. The van der Waals surface area contributed by atoms with Crippen LogP contribution in [-0.4, -0.2) is 22.2 Å². The van der Waals surface area contributed by atoms with Gasteiger partial charge in [-0.3, -0.25) is 9.59 Å². The molecule has 0 rings (SSSR count). The van der Waals surface area contributed by atoms with E-state index in [1.165, 1.54) is 64.2 Å². The Morgan fingerprint density at radius 3 is 1.52 bits per heavy atom. The van der Waals surface area contributed by atoms with Crippen molar-refractivity contribution in [3.63, 3.8) is 0 Å². The van der Waals surface area contributed by atoms with Crippen molar-refractivity contribution in [2.24, 2.45) is 5.92 Å². The minimum Gasteiger partial charge on any atom is -1.00 e. The van der Waals surface area contributed by atoms with Crippen LogP contribution in [0.1, 0.15) is 111 Å². The second kappa shape index (κ2) is 19.9. The maximum atomic E-state index is 11.2. The van der Waals surface area contributed by atoms with Crippen LogP contribution < -0.4 is 18.9 Å². The van der Waals surface area contributed by atoms with Crippen LogP contribution >= 0.6 is 0 Å². The molecular weight excluding hydrogens is 311 g/mol. The molecule has 0 aliphatic rings. The van der Waals surface area contributed by atoms with Gasteiger partial charge >= 0.3 is 30.8 Å². The van der Waals surface area contributed by atoms with Crippen LogP contribution in [-0.2, 0) is 9.59 Å². The van der Waals surface area contributed by atoms with Gasteiger partial charge in [0.15, 0.2) is 0 Å². The first kappa shape index (κ1) is 26.8. The van der Waals surface area contributed by atoms with Gasteiger partial charge in [0.2, 0.25) is 0 Å². The fourth-order valence-corrected chi connectivity index (χ4v) is 3.12. The van der Waals surface area contributed by atoms with Crippen LogP contribution in [0.4, 0.5) is 0 Å². The number of carbonyl (C=O) groups is 2. The van der Waals surface area contributed by atoms with Gasteiger partial charge < -0.3 is 11.6 Å². The maximum absolute atomic E-state index is 11.2. The largest absolute Gasteiger partial charge is 1.00 e. The summed E-state index contributed by atoms with van der Waals surface area (Å²) in [6, 6.07) is 0. The number of carboxylic acids is 2. The van der Waals surface area contributed by atoms with E-state index in [9.17, 15) is 9.59 Å². The van der Waals surface area contributed by atoms with E-state index in [-0.39, 0.29) is 32.6 Å². The van der Waals surface area contributed by atoms with Crippen LogP contribution in [0.2, 0.25) is 0 Å². The predicted molar refractivity (Wildman–Crippen MR) is 99.4 cm³/mol. The Labute approximate surface area is 167 Å². The predicted octanol–water partition coefficient (Wildman–Crippen LogP) is 3.15. The first-order valence-electron chi connectivity index (χ1n) is 10.0. The topological polar surface area (TPSA) is 74.6 Å². The van der Waals surface area contributed by atoms with Gasteiger partial charge in [0, 0.05) is 6.42 Å². The van der Waals surface area contributed by atoms with Crippen LogP contribution in [0.25, 0.3) is 0 Å². The first-order chi connectivity index (χ1) is 11.6. The molecule has 0 aromatic rings. The van der Waals surface area contributed by atoms with Crippen LogP contribution in [0.15, 0.2) is 0 Å². The van der Waals surface area contributed by atoms with Gasteiger partial charge in [-0.25, -0.2) is 0 Å². The molecule has 1 atom stereocenters. The molecule has 5 heteroatoms. The molecule has 4 nitrogen and oxygen atoms in total. The molecule has 0 amide bonds. The summed E-state index contributed by atoms with van der Waals surface area (Å²) >= 11 is 0. The summed E-state index contributed by atoms with van der Waals surface area (Å²) in [6.45, 7) is 2.24. The van der Waals surface area contributed by atoms with Gasteiger partial charge in [-0.15, -0.1) is 0 Å². The minimum absolute atomic E-state index is 0. The molecule has 0 aliphatic heterocycles. The molecule has 0 saturated heterocycles. The fourth-order valence-electron chi connectivity index (χ4n) is 3.12. The molecule has 0 spiro atoms. The monoisotopic (exact) mass is 350 g/mol. The van der Waals surface area contributed by atoms with Crippen molar-refractivity contribution >= 4 is 11.9 Å². The number of aliphatic carboxylic acids is 2. The Hall–Kier alpha value is -0.463. The summed E-state index contributed by atoms with van der Waals surface area (Å²) in [5, 5.41) is 17.8. The van der Waals surface area contributed by atoms with E-state index >= 15 is 0 Å². The standard InChI is InChI=1S/C20H38O4.Li.H/c1-2-3-4-5-6-7-8-9-10-11-12-13-15-18(20(23)24)16-14-17-19(21)22;;/h18H,2-17H2,1H3,(H,21,22)(H,23,24);;/q;+1;-1. The van der Waals surface area contributed by atoms with Crippen molar-refractivity contribution in [1.29, 1.82) is 0 Å². The van der Waals surface area contributed by atoms with E-state index < -0.39 is 11.9 Å². The summed E-state index contributed by atoms with van der Waals surface area (Å²) < 4.78 is 0. The Balaban J connectivity index is -0.00000264. The molecule has 0 fully saturated rings. The van der Waals surface area contributed by atoms with E-state index in [0.29, 0.717) is 19.3 Å². The molecule has 0 aliphatic carbocycles. The molecule has 0 aromatic carbocycles. The SMILES string of the molecule is CCCCCCCCCCCCCCC(CCCC(=O)O)C(=O)O.[H-].[Li+]. The summed E-state index contributed by atoms with van der Waals surface area (Å²) in [5.74, 6) is -1.99. The zero-order chi connectivity index (χ0) is 18.0. The Morgan fingerprint density at radius 2 is 1.12 bits per heavy atom. The summed E-state index contributed by atoms with van der Waals surface area (Å²) in [4.78, 5) is 21.6. The van der Waals surface area contributed by atoms with Crippen molar-refractivity contribution < 1.29 is 40.1 Å². The van der Waals surface area contributed by atoms with E-state index in [2.05, 4.69) is 6.92 Å². The molecule has 0 radical (unpaired) electrons. The Morgan fingerprint density at radius 1 is 0.720 bits per heavy atom. The Kier molecular flexibility index (Phi) is 21.3. The number of rotatable bonds is 18. The van der Waals surface area contributed by atoms with Crippen molar-refractivity contribution in [3.8, 4) is 0 Å². The van der Waals surface area contributed by atoms with Crippen LogP contribution in [0.3, 0.4) is 0 Å². The van der Waals surface area contributed by atoms with Crippen molar-refractivity contribution in [2.75, 3.05) is 0 Å². The number of hydrogen-bond donors (Lipinski definition) is 2. The summed E-state index contributed by atoms with van der Waals surface area (Å²) in [6.07, 6.45) is 17.0. The molecular formula is C20H39LiO4. The summed E-state index contributed by atoms with van der Waals surface area (Å²) in [7, 11) is 0. The van der Waals surface area contributed by atoms with E-state index in [0.717, 1.165) is 12.8 Å². The van der Waals surface area contributed by atoms with Gasteiger partial charge in [0.1, 0.15) is 0 Å². The van der Waals surface area contributed by atoms with E-state index in [4.69, 9.17) is 10.2 Å². The Bertz CT molecular complexity index is 327. The fraction of sp³-hybridized carbons (Fsp3) is 0.900. The number of unbranched alkanes of at least 4 members (excludes halogenated alkanes) is 11. The van der Waals surface area contributed by atoms with Gasteiger partial charge in [-0.05, 0) is 19.3 Å². The number of hydrogen-bond acceptors (Lipinski definition) is 2.